The number of alkyl halides is 3. The molecule has 1 aliphatic rings. The van der Waals surface area contributed by atoms with E-state index in [1.807, 2.05) is 18.9 Å². The van der Waals surface area contributed by atoms with Gasteiger partial charge in [-0.05, 0) is 55.6 Å². The minimum absolute atomic E-state index is 0.0532. The number of halogens is 3. The molecule has 2 rings (SSSR count). The number of nitrogens with zero attached hydrogens (tertiary/aromatic N) is 2. The van der Waals surface area contributed by atoms with Crippen LogP contribution in [0.5, 0.6) is 5.75 Å². The third-order valence-corrected chi connectivity index (χ3v) is 6.37. The molecule has 0 saturated heterocycles. The van der Waals surface area contributed by atoms with Crippen LogP contribution in [0.4, 0.5) is 18.9 Å². The Morgan fingerprint density at radius 3 is 2.24 bits per heavy atom. The standard InChI is InChI=1S/C25H39F3N2O3/c1-9-30(7)16-29-20-11-21(32-8)19(10-17(20)2)24(31,25(26,27)28)15-33-18-12-22(3,4)14-23(5,6)13-18/h10-11,16,18,31H,9,12-15H2,1-8H3/b29-16+. The van der Waals surface area contributed by atoms with Gasteiger partial charge in [0, 0.05) is 25.2 Å². The topological polar surface area (TPSA) is 54.3 Å². The number of rotatable bonds is 8. The molecule has 0 aliphatic heterocycles. The highest BCUT2D eigenvalue weighted by molar-refractivity contribution is 5.65. The second-order valence-corrected chi connectivity index (χ2v) is 10.9. The van der Waals surface area contributed by atoms with Crippen LogP contribution >= 0.6 is 0 Å². The first-order valence-corrected chi connectivity index (χ1v) is 11.4. The molecular weight excluding hydrogens is 433 g/mol. The molecule has 5 nitrogen and oxygen atoms in total. The fourth-order valence-corrected chi connectivity index (χ4v) is 4.96. The van der Waals surface area contributed by atoms with Gasteiger partial charge in [0.15, 0.2) is 0 Å². The van der Waals surface area contributed by atoms with Gasteiger partial charge in [-0.25, -0.2) is 4.99 Å². The van der Waals surface area contributed by atoms with Crippen LogP contribution in [0.1, 0.15) is 65.0 Å². The number of ether oxygens (including phenoxy) is 2. The molecule has 1 N–H and O–H groups in total. The van der Waals surface area contributed by atoms with Crippen molar-refractivity contribution in [2.24, 2.45) is 15.8 Å². The molecular formula is C25H39F3N2O3. The lowest BCUT2D eigenvalue weighted by Gasteiger charge is -2.45. The third kappa shape index (κ3) is 6.63. The van der Waals surface area contributed by atoms with E-state index < -0.39 is 18.4 Å². The maximum Gasteiger partial charge on any atom is 0.423 e. The fraction of sp³-hybridized carbons (Fsp3) is 0.720. The smallest absolute Gasteiger partial charge is 0.423 e. The number of aliphatic hydroxyl groups is 1. The molecule has 0 bridgehead atoms. The van der Waals surface area contributed by atoms with Crippen molar-refractivity contribution in [3.05, 3.63) is 23.3 Å². The molecule has 0 radical (unpaired) electrons. The van der Waals surface area contributed by atoms with Gasteiger partial charge < -0.3 is 19.5 Å². The number of aryl methyl sites for hydroxylation is 1. The molecule has 1 fully saturated rings. The van der Waals surface area contributed by atoms with E-state index in [0.29, 0.717) is 24.1 Å². The highest BCUT2D eigenvalue weighted by Crippen LogP contribution is 2.49. The van der Waals surface area contributed by atoms with E-state index >= 15 is 0 Å². The Labute approximate surface area is 196 Å². The van der Waals surface area contributed by atoms with Gasteiger partial charge in [0.05, 0.1) is 31.8 Å². The zero-order valence-corrected chi connectivity index (χ0v) is 21.1. The maximum absolute atomic E-state index is 14.3. The Bertz CT molecular complexity index is 836. The Balaban J connectivity index is 2.41. The highest BCUT2D eigenvalue weighted by Gasteiger charge is 2.57. The van der Waals surface area contributed by atoms with Gasteiger partial charge in [0.25, 0.3) is 0 Å². The molecule has 1 atom stereocenters. The molecule has 8 heteroatoms. The van der Waals surface area contributed by atoms with Gasteiger partial charge in [0.2, 0.25) is 5.60 Å². The zero-order chi connectivity index (χ0) is 25.2. The van der Waals surface area contributed by atoms with Crippen molar-refractivity contribution in [2.75, 3.05) is 27.3 Å². The van der Waals surface area contributed by atoms with Crippen LogP contribution in [0.2, 0.25) is 0 Å². The minimum atomic E-state index is -4.96. The predicted octanol–water partition coefficient (Wildman–Crippen LogP) is 5.99. The van der Waals surface area contributed by atoms with Crippen molar-refractivity contribution in [3.8, 4) is 5.75 Å². The number of hydrogen-bond acceptors (Lipinski definition) is 4. The quantitative estimate of drug-likeness (QED) is 0.373. The van der Waals surface area contributed by atoms with E-state index in [1.165, 1.54) is 19.2 Å². The van der Waals surface area contributed by atoms with Crippen molar-refractivity contribution >= 4 is 12.0 Å². The molecule has 0 heterocycles. The van der Waals surface area contributed by atoms with Crippen LogP contribution in [-0.2, 0) is 10.3 Å². The molecule has 1 aromatic carbocycles. The van der Waals surface area contributed by atoms with Gasteiger partial charge in [-0.1, -0.05) is 27.7 Å². The summed E-state index contributed by atoms with van der Waals surface area (Å²) >= 11 is 0. The molecule has 188 valence electrons. The highest BCUT2D eigenvalue weighted by atomic mass is 19.4. The van der Waals surface area contributed by atoms with Gasteiger partial charge in [0.1, 0.15) is 5.75 Å². The Morgan fingerprint density at radius 1 is 1.18 bits per heavy atom. The molecule has 1 saturated carbocycles. The Morgan fingerprint density at radius 2 is 1.76 bits per heavy atom. The second-order valence-electron chi connectivity index (χ2n) is 10.9. The normalized spacial score (nSPS) is 20.6. The summed E-state index contributed by atoms with van der Waals surface area (Å²) in [5, 5.41) is 11.0. The van der Waals surface area contributed by atoms with Crippen LogP contribution in [0, 0.1) is 17.8 Å². The van der Waals surface area contributed by atoms with Crippen molar-refractivity contribution in [1.82, 2.24) is 4.90 Å². The van der Waals surface area contributed by atoms with E-state index in [9.17, 15) is 18.3 Å². The molecule has 1 aromatic rings. The SMILES string of the molecule is CCN(C)/C=N/c1cc(OC)c(C(O)(COC2CC(C)(C)CC(C)(C)C2)C(F)(F)F)cc1C. The molecule has 1 unspecified atom stereocenters. The van der Waals surface area contributed by atoms with Crippen molar-refractivity contribution in [1.29, 1.82) is 0 Å². The summed E-state index contributed by atoms with van der Waals surface area (Å²) in [6.45, 7) is 11.8. The summed E-state index contributed by atoms with van der Waals surface area (Å²) in [6.07, 6.45) is -1.49. The van der Waals surface area contributed by atoms with Crippen LogP contribution < -0.4 is 4.74 Å². The van der Waals surface area contributed by atoms with Gasteiger partial charge >= 0.3 is 6.18 Å². The number of benzene rings is 1. The van der Waals surface area contributed by atoms with E-state index in [2.05, 4.69) is 32.7 Å². The van der Waals surface area contributed by atoms with Crippen LogP contribution in [0.25, 0.3) is 0 Å². The average Bonchev–Trinajstić information content (AvgIpc) is 2.67. The monoisotopic (exact) mass is 472 g/mol. The third-order valence-electron chi connectivity index (χ3n) is 6.37. The lowest BCUT2D eigenvalue weighted by atomic mass is 9.64. The van der Waals surface area contributed by atoms with E-state index in [4.69, 9.17) is 9.47 Å². The molecule has 0 aromatic heterocycles. The van der Waals surface area contributed by atoms with Crippen LogP contribution in [0.15, 0.2) is 17.1 Å². The first-order valence-electron chi connectivity index (χ1n) is 11.4. The summed E-state index contributed by atoms with van der Waals surface area (Å²) in [4.78, 5) is 6.19. The van der Waals surface area contributed by atoms with Crippen molar-refractivity contribution in [3.63, 3.8) is 0 Å². The predicted molar refractivity (Wildman–Crippen MR) is 125 cm³/mol. The van der Waals surface area contributed by atoms with Crippen LogP contribution in [-0.4, -0.2) is 55.9 Å². The number of methoxy groups -OCH3 is 1. The molecule has 33 heavy (non-hydrogen) atoms. The minimum Gasteiger partial charge on any atom is -0.496 e. The van der Waals surface area contributed by atoms with Gasteiger partial charge in [-0.15, -0.1) is 0 Å². The molecule has 1 aliphatic carbocycles. The number of aliphatic imine (C=N–C) groups is 1. The summed E-state index contributed by atoms with van der Waals surface area (Å²) in [7, 11) is 3.13. The largest absolute Gasteiger partial charge is 0.496 e. The van der Waals surface area contributed by atoms with Crippen molar-refractivity contribution < 1.29 is 27.8 Å². The summed E-state index contributed by atoms with van der Waals surface area (Å²) < 4.78 is 53.9. The van der Waals surface area contributed by atoms with Crippen molar-refractivity contribution in [2.45, 2.75) is 78.7 Å². The fourth-order valence-electron chi connectivity index (χ4n) is 4.96. The van der Waals surface area contributed by atoms with Crippen LogP contribution in [0.3, 0.4) is 0 Å². The molecule has 0 amide bonds. The van der Waals surface area contributed by atoms with E-state index in [0.717, 1.165) is 13.0 Å². The first-order chi connectivity index (χ1) is 15.0. The maximum atomic E-state index is 14.3. The van der Waals surface area contributed by atoms with E-state index in [-0.39, 0.29) is 28.2 Å². The van der Waals surface area contributed by atoms with Gasteiger partial charge in [-0.2, -0.15) is 13.2 Å². The van der Waals surface area contributed by atoms with E-state index in [1.54, 1.807) is 13.3 Å². The van der Waals surface area contributed by atoms with Gasteiger partial charge in [-0.3, -0.25) is 0 Å². The number of hydrogen-bond donors (Lipinski definition) is 1. The average molecular weight is 473 g/mol. The Hall–Kier alpha value is -1.80. The summed E-state index contributed by atoms with van der Waals surface area (Å²) in [6, 6.07) is 2.72. The zero-order valence-electron chi connectivity index (χ0n) is 21.1. The molecule has 0 spiro atoms. The Kier molecular flexibility index (Phi) is 8.17. The first kappa shape index (κ1) is 27.4. The second kappa shape index (κ2) is 9.82. The summed E-state index contributed by atoms with van der Waals surface area (Å²) in [5.74, 6) is -0.0837. The lowest BCUT2D eigenvalue weighted by molar-refractivity contribution is -0.288. The summed E-state index contributed by atoms with van der Waals surface area (Å²) in [5.41, 5.74) is -2.72. The lowest BCUT2D eigenvalue weighted by Crippen LogP contribution is -2.48.